The van der Waals surface area contributed by atoms with E-state index in [0.717, 1.165) is 18.5 Å². The summed E-state index contributed by atoms with van der Waals surface area (Å²) in [5, 5.41) is 14.4. The van der Waals surface area contributed by atoms with Gasteiger partial charge >= 0.3 is 0 Å². The molecule has 20 heavy (non-hydrogen) atoms. The number of hydrogen-bond acceptors (Lipinski definition) is 5. The highest BCUT2D eigenvalue weighted by molar-refractivity contribution is 5.90. The van der Waals surface area contributed by atoms with E-state index in [1.54, 1.807) is 17.9 Å². The molecule has 1 saturated carbocycles. The number of rotatable bonds is 4. The molecule has 1 aliphatic carbocycles. The van der Waals surface area contributed by atoms with Gasteiger partial charge < -0.3 is 4.52 Å². The first-order chi connectivity index (χ1) is 9.70. The van der Waals surface area contributed by atoms with Crippen molar-refractivity contribution >= 4 is 11.8 Å². The lowest BCUT2D eigenvalue weighted by molar-refractivity contribution is -0.115. The van der Waals surface area contributed by atoms with E-state index < -0.39 is 0 Å². The molecule has 0 aromatic carbocycles. The number of aromatic nitrogens is 4. The van der Waals surface area contributed by atoms with Crippen LogP contribution in [0.3, 0.4) is 0 Å². The largest absolute Gasteiger partial charge is 0.338 e. The maximum absolute atomic E-state index is 11.8. The average Bonchev–Trinajstić information content (AvgIpc) is 3.10. The molecule has 0 bridgehead atoms. The van der Waals surface area contributed by atoms with Crippen LogP contribution in [0, 0.1) is 0 Å². The van der Waals surface area contributed by atoms with Crippen molar-refractivity contribution in [1.82, 2.24) is 20.2 Å². The molecule has 0 aliphatic heterocycles. The third kappa shape index (κ3) is 2.87. The Kier molecular flexibility index (Phi) is 3.49. The Morgan fingerprint density at radius 2 is 2.30 bits per heavy atom. The zero-order valence-electron chi connectivity index (χ0n) is 11.4. The quantitative estimate of drug-likeness (QED) is 0.916. The van der Waals surface area contributed by atoms with Crippen molar-refractivity contribution < 1.29 is 9.32 Å². The van der Waals surface area contributed by atoms with Gasteiger partial charge in [-0.15, -0.1) is 5.10 Å². The second kappa shape index (κ2) is 5.44. The zero-order chi connectivity index (χ0) is 13.9. The second-order valence-electron chi connectivity index (χ2n) is 5.21. The third-order valence-electron chi connectivity index (χ3n) is 3.56. The van der Waals surface area contributed by atoms with Gasteiger partial charge in [0.05, 0.1) is 17.8 Å². The summed E-state index contributed by atoms with van der Waals surface area (Å²) in [5.41, 5.74) is 1.57. The van der Waals surface area contributed by atoms with Crippen LogP contribution in [0.4, 0.5) is 5.88 Å². The van der Waals surface area contributed by atoms with E-state index >= 15 is 0 Å². The predicted molar refractivity (Wildman–Crippen MR) is 71.0 cm³/mol. The molecular weight excluding hydrogens is 258 g/mol. The van der Waals surface area contributed by atoms with E-state index in [1.807, 2.05) is 6.07 Å². The van der Waals surface area contributed by atoms with Crippen molar-refractivity contribution in [3.8, 4) is 0 Å². The standard InChI is InChI=1S/C13H17N5O2/c1-18-8-10(15-17-18)6-12(19)14-13-7-11(16-20-13)9-4-2-3-5-9/h7-9H,2-6H2,1H3,(H,14,19). The summed E-state index contributed by atoms with van der Waals surface area (Å²) in [6.07, 6.45) is 6.67. The van der Waals surface area contributed by atoms with E-state index in [4.69, 9.17) is 4.52 Å². The molecule has 0 atom stereocenters. The lowest BCUT2D eigenvalue weighted by atomic mass is 10.0. The van der Waals surface area contributed by atoms with Crippen molar-refractivity contribution in [3.63, 3.8) is 0 Å². The van der Waals surface area contributed by atoms with E-state index in [9.17, 15) is 4.79 Å². The van der Waals surface area contributed by atoms with Crippen molar-refractivity contribution in [2.45, 2.75) is 38.0 Å². The molecule has 2 heterocycles. The molecule has 0 spiro atoms. The molecule has 7 heteroatoms. The fraction of sp³-hybridized carbons (Fsp3) is 0.538. The Morgan fingerprint density at radius 1 is 1.50 bits per heavy atom. The number of hydrogen-bond donors (Lipinski definition) is 1. The number of nitrogens with zero attached hydrogens (tertiary/aromatic N) is 4. The third-order valence-corrected chi connectivity index (χ3v) is 3.56. The fourth-order valence-corrected chi connectivity index (χ4v) is 2.58. The molecule has 1 aliphatic rings. The van der Waals surface area contributed by atoms with Crippen molar-refractivity contribution in [2.75, 3.05) is 5.32 Å². The molecule has 0 unspecified atom stereocenters. The van der Waals surface area contributed by atoms with Crippen LogP contribution in [-0.2, 0) is 18.3 Å². The first-order valence-corrected chi connectivity index (χ1v) is 6.82. The molecule has 3 rings (SSSR count). The highest BCUT2D eigenvalue weighted by atomic mass is 16.5. The Bertz CT molecular complexity index is 597. The van der Waals surface area contributed by atoms with Crippen molar-refractivity contribution in [2.24, 2.45) is 7.05 Å². The second-order valence-corrected chi connectivity index (χ2v) is 5.21. The Hall–Kier alpha value is -2.18. The fourth-order valence-electron chi connectivity index (χ4n) is 2.58. The van der Waals surface area contributed by atoms with Crippen LogP contribution in [0.2, 0.25) is 0 Å². The summed E-state index contributed by atoms with van der Waals surface area (Å²) < 4.78 is 6.73. The van der Waals surface area contributed by atoms with Gasteiger partial charge in [0.25, 0.3) is 0 Å². The van der Waals surface area contributed by atoms with Gasteiger partial charge in [-0.25, -0.2) is 0 Å². The van der Waals surface area contributed by atoms with Gasteiger partial charge in [0.15, 0.2) is 0 Å². The summed E-state index contributed by atoms with van der Waals surface area (Å²) in [5.74, 6) is 0.699. The van der Waals surface area contributed by atoms with Crippen LogP contribution in [0.1, 0.15) is 43.0 Å². The summed E-state index contributed by atoms with van der Waals surface area (Å²) >= 11 is 0. The monoisotopic (exact) mass is 275 g/mol. The maximum Gasteiger partial charge on any atom is 0.232 e. The Labute approximate surface area is 116 Å². The molecule has 106 valence electrons. The van der Waals surface area contributed by atoms with Gasteiger partial charge in [-0.05, 0) is 12.8 Å². The number of nitrogens with one attached hydrogen (secondary N) is 1. The zero-order valence-corrected chi connectivity index (χ0v) is 11.4. The number of carbonyl (C=O) groups excluding carboxylic acids is 1. The summed E-state index contributed by atoms with van der Waals surface area (Å²) in [4.78, 5) is 11.8. The van der Waals surface area contributed by atoms with E-state index in [-0.39, 0.29) is 12.3 Å². The molecule has 0 saturated heterocycles. The minimum atomic E-state index is -0.181. The summed E-state index contributed by atoms with van der Waals surface area (Å²) in [7, 11) is 1.76. The summed E-state index contributed by atoms with van der Waals surface area (Å²) in [6.45, 7) is 0. The van der Waals surface area contributed by atoms with Gasteiger partial charge in [-0.1, -0.05) is 23.2 Å². The Morgan fingerprint density at radius 3 is 3.00 bits per heavy atom. The van der Waals surface area contributed by atoms with Gasteiger partial charge in [-0.2, -0.15) is 0 Å². The average molecular weight is 275 g/mol. The van der Waals surface area contributed by atoms with Crippen molar-refractivity contribution in [1.29, 1.82) is 0 Å². The number of aryl methyl sites for hydroxylation is 1. The molecule has 1 amide bonds. The van der Waals surface area contributed by atoms with Crippen LogP contribution < -0.4 is 5.32 Å². The van der Waals surface area contributed by atoms with Crippen LogP contribution in [-0.4, -0.2) is 26.1 Å². The minimum Gasteiger partial charge on any atom is -0.338 e. The molecule has 1 N–H and O–H groups in total. The molecule has 1 fully saturated rings. The lowest BCUT2D eigenvalue weighted by Gasteiger charge is -2.01. The van der Waals surface area contributed by atoms with Crippen LogP contribution >= 0.6 is 0 Å². The smallest absolute Gasteiger partial charge is 0.232 e. The Balaban J connectivity index is 1.58. The topological polar surface area (TPSA) is 85.8 Å². The molecule has 2 aromatic rings. The molecule has 0 radical (unpaired) electrons. The first kappa shape index (κ1) is 12.8. The molecular formula is C13H17N5O2. The maximum atomic E-state index is 11.8. The van der Waals surface area contributed by atoms with E-state index in [1.165, 1.54) is 12.8 Å². The molecule has 7 nitrogen and oxygen atoms in total. The minimum absolute atomic E-state index is 0.174. The number of anilines is 1. The van der Waals surface area contributed by atoms with Gasteiger partial charge in [0.1, 0.15) is 0 Å². The highest BCUT2D eigenvalue weighted by Crippen LogP contribution is 2.34. The number of amides is 1. The van der Waals surface area contributed by atoms with Gasteiger partial charge in [-0.3, -0.25) is 14.8 Å². The van der Waals surface area contributed by atoms with E-state index in [2.05, 4.69) is 20.8 Å². The van der Waals surface area contributed by atoms with Gasteiger partial charge in [0, 0.05) is 25.2 Å². The van der Waals surface area contributed by atoms with Crippen LogP contribution in [0.15, 0.2) is 16.8 Å². The predicted octanol–water partition coefficient (Wildman–Crippen LogP) is 1.64. The van der Waals surface area contributed by atoms with E-state index in [0.29, 0.717) is 17.5 Å². The highest BCUT2D eigenvalue weighted by Gasteiger charge is 2.21. The lowest BCUT2D eigenvalue weighted by Crippen LogP contribution is -2.14. The van der Waals surface area contributed by atoms with Crippen LogP contribution in [0.5, 0.6) is 0 Å². The van der Waals surface area contributed by atoms with Crippen molar-refractivity contribution in [3.05, 3.63) is 23.7 Å². The SMILES string of the molecule is Cn1cc(CC(=O)Nc2cc(C3CCCC3)no2)nn1. The first-order valence-electron chi connectivity index (χ1n) is 6.82. The van der Waals surface area contributed by atoms with Crippen LogP contribution in [0.25, 0.3) is 0 Å². The van der Waals surface area contributed by atoms with Gasteiger partial charge in [0.2, 0.25) is 11.8 Å². The summed E-state index contributed by atoms with van der Waals surface area (Å²) in [6, 6.07) is 1.82. The normalized spacial score (nSPS) is 15.7. The number of carbonyl (C=O) groups is 1. The molecule has 2 aromatic heterocycles.